The van der Waals surface area contributed by atoms with E-state index in [2.05, 4.69) is 58.7 Å². The Morgan fingerprint density at radius 3 is 1.81 bits per heavy atom. The molecule has 4 heteroatoms. The van der Waals surface area contributed by atoms with Gasteiger partial charge in [0.1, 0.15) is 5.72 Å². The second-order valence-electron chi connectivity index (χ2n) is 11.9. The van der Waals surface area contributed by atoms with Crippen LogP contribution in [0.25, 0.3) is 0 Å². The summed E-state index contributed by atoms with van der Waals surface area (Å²) in [4.78, 5) is 16.1. The first-order valence-electron chi connectivity index (χ1n) is 13.3. The molecule has 2 saturated heterocycles. The van der Waals surface area contributed by atoms with E-state index in [-0.39, 0.29) is 17.0 Å². The molecule has 0 aromatic rings. The van der Waals surface area contributed by atoms with Gasteiger partial charge < -0.3 is 15.0 Å². The van der Waals surface area contributed by atoms with Gasteiger partial charge in [-0.05, 0) is 53.9 Å². The normalized spacial score (nSPS) is 26.7. The molecule has 0 radical (unpaired) electrons. The van der Waals surface area contributed by atoms with E-state index >= 15 is 0 Å². The second-order valence-corrected chi connectivity index (χ2v) is 11.9. The van der Waals surface area contributed by atoms with Crippen LogP contribution in [0.1, 0.15) is 138 Å². The molecule has 31 heavy (non-hydrogen) atoms. The van der Waals surface area contributed by atoms with Crippen LogP contribution >= 0.6 is 0 Å². The van der Waals surface area contributed by atoms with Crippen LogP contribution in [0, 0.1) is 0 Å². The third kappa shape index (κ3) is 7.19. The predicted molar refractivity (Wildman–Crippen MR) is 131 cm³/mol. The summed E-state index contributed by atoms with van der Waals surface area (Å²) in [5.41, 5.74) is -1.37. The second kappa shape index (κ2) is 11.0. The SMILES string of the molecule is CCCCCCCCCN1C(=O)C2(CC(C)(C)NC(C)(C)C2)OC1(C)CCCCCC. The number of carbonyl (C=O) groups is 1. The summed E-state index contributed by atoms with van der Waals surface area (Å²) < 4.78 is 6.90. The minimum absolute atomic E-state index is 0.115. The zero-order valence-electron chi connectivity index (χ0n) is 21.9. The highest BCUT2D eigenvalue weighted by atomic mass is 16.6. The van der Waals surface area contributed by atoms with Crippen LogP contribution in [0.3, 0.4) is 0 Å². The average Bonchev–Trinajstić information content (AvgIpc) is 2.82. The highest BCUT2D eigenvalue weighted by Gasteiger charge is 2.62. The van der Waals surface area contributed by atoms with Crippen LogP contribution in [-0.2, 0) is 9.53 Å². The number of nitrogens with one attached hydrogen (secondary N) is 1. The summed E-state index contributed by atoms with van der Waals surface area (Å²) in [5.74, 6) is 0.249. The topological polar surface area (TPSA) is 41.6 Å². The van der Waals surface area contributed by atoms with Crippen LogP contribution < -0.4 is 5.32 Å². The van der Waals surface area contributed by atoms with Crippen LogP contribution in [0.2, 0.25) is 0 Å². The van der Waals surface area contributed by atoms with Gasteiger partial charge in [-0.15, -0.1) is 0 Å². The van der Waals surface area contributed by atoms with Crippen molar-refractivity contribution in [1.82, 2.24) is 10.2 Å². The number of rotatable bonds is 13. The van der Waals surface area contributed by atoms with Crippen molar-refractivity contribution in [1.29, 1.82) is 0 Å². The fourth-order valence-corrected chi connectivity index (χ4v) is 6.33. The van der Waals surface area contributed by atoms with Gasteiger partial charge in [0.15, 0.2) is 5.60 Å². The lowest BCUT2D eigenvalue weighted by molar-refractivity contribution is -0.165. The van der Waals surface area contributed by atoms with Gasteiger partial charge in [-0.2, -0.15) is 0 Å². The Morgan fingerprint density at radius 2 is 1.26 bits per heavy atom. The van der Waals surface area contributed by atoms with E-state index in [4.69, 9.17) is 4.74 Å². The van der Waals surface area contributed by atoms with E-state index < -0.39 is 11.3 Å². The van der Waals surface area contributed by atoms with Crippen molar-refractivity contribution >= 4 is 5.91 Å². The largest absolute Gasteiger partial charge is 0.339 e. The summed E-state index contributed by atoms with van der Waals surface area (Å²) in [6, 6.07) is 0. The van der Waals surface area contributed by atoms with Gasteiger partial charge in [0.05, 0.1) is 0 Å². The monoisotopic (exact) mass is 436 g/mol. The Kier molecular flexibility index (Phi) is 9.46. The third-order valence-corrected chi connectivity index (χ3v) is 7.23. The summed E-state index contributed by atoms with van der Waals surface area (Å²) in [5, 5.41) is 3.73. The maximum atomic E-state index is 13.9. The number of hydrogen-bond acceptors (Lipinski definition) is 3. The average molecular weight is 437 g/mol. The molecule has 1 unspecified atom stereocenters. The summed E-state index contributed by atoms with van der Waals surface area (Å²) in [7, 11) is 0. The van der Waals surface area contributed by atoms with E-state index in [0.717, 1.165) is 38.6 Å². The number of hydrogen-bond donors (Lipinski definition) is 1. The highest BCUT2D eigenvalue weighted by Crippen LogP contribution is 2.49. The lowest BCUT2D eigenvalue weighted by atomic mass is 9.72. The smallest absolute Gasteiger partial charge is 0.257 e. The fourth-order valence-electron chi connectivity index (χ4n) is 6.33. The number of carbonyl (C=O) groups excluding carboxylic acids is 1. The molecule has 182 valence electrons. The maximum absolute atomic E-state index is 13.9. The maximum Gasteiger partial charge on any atom is 0.257 e. The molecule has 2 rings (SSSR count). The number of amides is 1. The van der Waals surface area contributed by atoms with Gasteiger partial charge in [0.2, 0.25) is 0 Å². The molecule has 1 spiro atoms. The van der Waals surface area contributed by atoms with Crippen LogP contribution in [-0.4, -0.2) is 39.8 Å². The van der Waals surface area contributed by atoms with E-state index in [1.54, 1.807) is 0 Å². The van der Waals surface area contributed by atoms with Crippen molar-refractivity contribution in [3.05, 3.63) is 0 Å². The molecule has 2 heterocycles. The highest BCUT2D eigenvalue weighted by molar-refractivity contribution is 5.88. The van der Waals surface area contributed by atoms with Gasteiger partial charge in [-0.3, -0.25) is 4.79 Å². The molecule has 4 nitrogen and oxygen atoms in total. The Hall–Kier alpha value is -0.610. The number of piperidine rings is 1. The minimum atomic E-state index is -0.682. The van der Waals surface area contributed by atoms with Crippen molar-refractivity contribution in [2.75, 3.05) is 6.54 Å². The number of unbranched alkanes of at least 4 members (excludes halogenated alkanes) is 9. The molecular weight excluding hydrogens is 384 g/mol. The standard InChI is InChI=1S/C27H52N2O2/c1-8-10-12-14-15-16-18-20-29-23(30)27(21-24(3,4)28-25(5,6)22-27)31-26(29,7)19-17-13-11-9-2/h28H,8-22H2,1-7H3. The van der Waals surface area contributed by atoms with Crippen molar-refractivity contribution in [2.24, 2.45) is 0 Å². The lowest BCUT2D eigenvalue weighted by Gasteiger charge is -2.50. The lowest BCUT2D eigenvalue weighted by Crippen LogP contribution is -2.65. The fraction of sp³-hybridized carbons (Fsp3) is 0.963. The first-order valence-corrected chi connectivity index (χ1v) is 13.3. The van der Waals surface area contributed by atoms with Gasteiger partial charge in [0.25, 0.3) is 5.91 Å². The van der Waals surface area contributed by atoms with Gasteiger partial charge in [0, 0.05) is 30.5 Å². The van der Waals surface area contributed by atoms with E-state index in [9.17, 15) is 4.79 Å². The first kappa shape index (κ1) is 26.6. The quantitative estimate of drug-likeness (QED) is 0.317. The van der Waals surface area contributed by atoms with Crippen molar-refractivity contribution < 1.29 is 9.53 Å². The Bertz CT molecular complexity index is 556. The molecule has 0 bridgehead atoms. The first-order chi connectivity index (χ1) is 14.5. The molecule has 2 aliphatic heterocycles. The molecule has 1 N–H and O–H groups in total. The van der Waals surface area contributed by atoms with Gasteiger partial charge >= 0.3 is 0 Å². The summed E-state index contributed by atoms with van der Waals surface area (Å²) in [6.45, 7) is 16.4. The Balaban J connectivity index is 2.10. The zero-order chi connectivity index (χ0) is 23.2. The molecule has 1 atom stereocenters. The molecule has 1 amide bonds. The predicted octanol–water partition coefficient (Wildman–Crippen LogP) is 6.96. The molecular formula is C27H52N2O2. The molecule has 0 aromatic heterocycles. The molecule has 0 aliphatic carbocycles. The van der Waals surface area contributed by atoms with Crippen molar-refractivity contribution in [3.63, 3.8) is 0 Å². The zero-order valence-corrected chi connectivity index (χ0v) is 21.9. The van der Waals surface area contributed by atoms with Crippen LogP contribution in [0.4, 0.5) is 0 Å². The van der Waals surface area contributed by atoms with Gasteiger partial charge in [-0.25, -0.2) is 0 Å². The molecule has 0 saturated carbocycles. The molecule has 0 aromatic carbocycles. The summed E-state index contributed by atoms with van der Waals surface area (Å²) >= 11 is 0. The van der Waals surface area contributed by atoms with Crippen molar-refractivity contribution in [2.45, 2.75) is 161 Å². The summed E-state index contributed by atoms with van der Waals surface area (Å²) in [6.07, 6.45) is 16.2. The van der Waals surface area contributed by atoms with Gasteiger partial charge in [-0.1, -0.05) is 71.6 Å². The van der Waals surface area contributed by atoms with E-state index in [0.29, 0.717) is 0 Å². The number of nitrogens with zero attached hydrogens (tertiary/aromatic N) is 1. The minimum Gasteiger partial charge on any atom is -0.339 e. The third-order valence-electron chi connectivity index (χ3n) is 7.23. The van der Waals surface area contributed by atoms with Crippen LogP contribution in [0.5, 0.6) is 0 Å². The number of ether oxygens (including phenoxy) is 1. The Morgan fingerprint density at radius 1 is 0.774 bits per heavy atom. The van der Waals surface area contributed by atoms with Crippen molar-refractivity contribution in [3.8, 4) is 0 Å². The molecule has 2 fully saturated rings. The van der Waals surface area contributed by atoms with E-state index in [1.807, 2.05) is 0 Å². The molecule has 2 aliphatic rings. The van der Waals surface area contributed by atoms with Crippen LogP contribution in [0.15, 0.2) is 0 Å². The Labute approximate surface area is 193 Å². The van der Waals surface area contributed by atoms with E-state index in [1.165, 1.54) is 57.8 Å².